The molecule has 1 N–H and O–H groups in total. The molecule has 0 aliphatic carbocycles. The van der Waals surface area contributed by atoms with Crippen LogP contribution in [0.25, 0.3) is 0 Å². The molecule has 24 heavy (non-hydrogen) atoms. The van der Waals surface area contributed by atoms with Gasteiger partial charge in [0, 0.05) is 13.1 Å². The predicted octanol–water partition coefficient (Wildman–Crippen LogP) is 2.31. The number of carbonyl (C=O) groups is 1. The van der Waals surface area contributed by atoms with Crippen molar-refractivity contribution in [3.63, 3.8) is 0 Å². The molecule has 2 fully saturated rings. The zero-order valence-corrected chi connectivity index (χ0v) is 14.6. The first kappa shape index (κ1) is 17.4. The van der Waals surface area contributed by atoms with Crippen LogP contribution in [0.3, 0.4) is 0 Å². The van der Waals surface area contributed by atoms with Crippen molar-refractivity contribution in [3.8, 4) is 0 Å². The summed E-state index contributed by atoms with van der Waals surface area (Å²) in [6, 6.07) is 10.4. The van der Waals surface area contributed by atoms with Crippen LogP contribution in [0.5, 0.6) is 0 Å². The van der Waals surface area contributed by atoms with Gasteiger partial charge in [-0.2, -0.15) is 0 Å². The molecule has 4 heteroatoms. The number of aliphatic hydroxyl groups excluding tert-OH is 1. The van der Waals surface area contributed by atoms with Crippen LogP contribution in [-0.4, -0.2) is 59.6 Å². The number of aryl methyl sites for hydroxylation is 1. The van der Waals surface area contributed by atoms with Crippen LogP contribution in [0.2, 0.25) is 0 Å². The summed E-state index contributed by atoms with van der Waals surface area (Å²) < 4.78 is 0. The summed E-state index contributed by atoms with van der Waals surface area (Å²) in [4.78, 5) is 16.6. The van der Waals surface area contributed by atoms with Gasteiger partial charge in [-0.25, -0.2) is 0 Å². The fourth-order valence-corrected chi connectivity index (χ4v) is 3.96. The van der Waals surface area contributed by atoms with Crippen molar-refractivity contribution in [1.82, 2.24) is 9.80 Å². The van der Waals surface area contributed by atoms with E-state index in [1.54, 1.807) is 0 Å². The Labute approximate surface area is 145 Å². The number of hydrogen-bond acceptors (Lipinski definition) is 3. The van der Waals surface area contributed by atoms with Gasteiger partial charge in [0.05, 0.1) is 12.6 Å². The fourth-order valence-electron chi connectivity index (χ4n) is 3.96. The molecule has 1 amide bonds. The first-order valence-electron chi connectivity index (χ1n) is 9.44. The van der Waals surface area contributed by atoms with Crippen LogP contribution in [0, 0.1) is 5.92 Å². The number of hydrogen-bond donors (Lipinski definition) is 1. The molecule has 0 unspecified atom stereocenters. The maximum absolute atomic E-state index is 12.4. The third kappa shape index (κ3) is 4.81. The van der Waals surface area contributed by atoms with E-state index >= 15 is 0 Å². The second-order valence-electron chi connectivity index (χ2n) is 7.29. The minimum absolute atomic E-state index is 0.249. The lowest BCUT2D eigenvalue weighted by molar-refractivity contribution is -0.134. The van der Waals surface area contributed by atoms with Crippen molar-refractivity contribution in [2.45, 2.75) is 44.6 Å². The Hall–Kier alpha value is -1.39. The number of likely N-dealkylation sites (tertiary alicyclic amines) is 2. The number of aliphatic hydroxyl groups is 1. The summed E-state index contributed by atoms with van der Waals surface area (Å²) >= 11 is 0. The molecule has 3 rings (SSSR count). The van der Waals surface area contributed by atoms with Crippen molar-refractivity contribution in [3.05, 3.63) is 35.9 Å². The summed E-state index contributed by atoms with van der Waals surface area (Å²) in [7, 11) is 0. The summed E-state index contributed by atoms with van der Waals surface area (Å²) in [5.41, 5.74) is 1.29. The third-order valence-corrected chi connectivity index (χ3v) is 5.57. The summed E-state index contributed by atoms with van der Waals surface area (Å²) in [5, 5.41) is 10.5. The second kappa shape index (κ2) is 8.63. The van der Waals surface area contributed by atoms with Gasteiger partial charge in [-0.1, -0.05) is 30.3 Å². The van der Waals surface area contributed by atoms with E-state index in [2.05, 4.69) is 17.0 Å². The Kier molecular flexibility index (Phi) is 6.27. The van der Waals surface area contributed by atoms with Gasteiger partial charge in [-0.3, -0.25) is 9.69 Å². The van der Waals surface area contributed by atoms with Gasteiger partial charge < -0.3 is 10.0 Å². The quantitative estimate of drug-likeness (QED) is 0.870. The standard InChI is InChI=1S/C20H30N2O2/c23-19(9-8-17-6-2-1-3-7-17)18-10-14-22(15-11-18)20(24)16-21-12-4-5-13-21/h1-3,6-7,18-19,23H,4-5,8-16H2/t19-/m0/s1. The van der Waals surface area contributed by atoms with Crippen molar-refractivity contribution in [2.24, 2.45) is 5.92 Å². The fraction of sp³-hybridized carbons (Fsp3) is 0.650. The summed E-state index contributed by atoms with van der Waals surface area (Å²) in [6.07, 6.45) is 5.81. The number of piperidine rings is 1. The average Bonchev–Trinajstić information content (AvgIpc) is 3.13. The number of amides is 1. The van der Waals surface area contributed by atoms with E-state index in [1.807, 2.05) is 23.1 Å². The molecular formula is C20H30N2O2. The molecule has 132 valence electrons. The van der Waals surface area contributed by atoms with E-state index in [4.69, 9.17) is 0 Å². The molecule has 2 aliphatic rings. The van der Waals surface area contributed by atoms with E-state index in [9.17, 15) is 9.90 Å². The Balaban J connectivity index is 1.38. The Morgan fingerprint density at radius 3 is 2.42 bits per heavy atom. The maximum Gasteiger partial charge on any atom is 0.236 e. The zero-order valence-electron chi connectivity index (χ0n) is 14.6. The highest BCUT2D eigenvalue weighted by atomic mass is 16.3. The van der Waals surface area contributed by atoms with Crippen molar-refractivity contribution >= 4 is 5.91 Å². The minimum Gasteiger partial charge on any atom is -0.393 e. The van der Waals surface area contributed by atoms with E-state index in [1.165, 1.54) is 18.4 Å². The second-order valence-corrected chi connectivity index (χ2v) is 7.29. The highest BCUT2D eigenvalue weighted by molar-refractivity contribution is 5.78. The lowest BCUT2D eigenvalue weighted by atomic mass is 9.88. The molecule has 1 aromatic carbocycles. The SMILES string of the molecule is O=C(CN1CCCC1)N1CCC([C@@H](O)CCc2ccccc2)CC1. The molecule has 2 aliphatic heterocycles. The lowest BCUT2D eigenvalue weighted by Crippen LogP contribution is -2.45. The highest BCUT2D eigenvalue weighted by Crippen LogP contribution is 2.24. The van der Waals surface area contributed by atoms with Crippen LogP contribution >= 0.6 is 0 Å². The van der Waals surface area contributed by atoms with E-state index < -0.39 is 0 Å². The smallest absolute Gasteiger partial charge is 0.236 e. The van der Waals surface area contributed by atoms with Crippen LogP contribution in [0.15, 0.2) is 30.3 Å². The van der Waals surface area contributed by atoms with Gasteiger partial charge in [0.15, 0.2) is 0 Å². The molecule has 0 spiro atoms. The zero-order chi connectivity index (χ0) is 16.8. The highest BCUT2D eigenvalue weighted by Gasteiger charge is 2.28. The van der Waals surface area contributed by atoms with E-state index in [-0.39, 0.29) is 12.0 Å². The molecule has 1 aromatic rings. The van der Waals surface area contributed by atoms with E-state index in [0.717, 1.165) is 51.9 Å². The van der Waals surface area contributed by atoms with Gasteiger partial charge in [0.1, 0.15) is 0 Å². The number of nitrogens with zero attached hydrogens (tertiary/aromatic N) is 2. The summed E-state index contributed by atoms with van der Waals surface area (Å²) in [6.45, 7) is 4.33. The van der Waals surface area contributed by atoms with Gasteiger partial charge in [-0.05, 0) is 63.1 Å². The maximum atomic E-state index is 12.4. The number of rotatable bonds is 6. The number of carbonyl (C=O) groups excluding carboxylic acids is 1. The van der Waals surface area contributed by atoms with Crippen LogP contribution in [-0.2, 0) is 11.2 Å². The summed E-state index contributed by atoms with van der Waals surface area (Å²) in [5.74, 6) is 0.610. The monoisotopic (exact) mass is 330 g/mol. The molecule has 4 nitrogen and oxygen atoms in total. The Morgan fingerprint density at radius 2 is 1.75 bits per heavy atom. The van der Waals surface area contributed by atoms with Crippen molar-refractivity contribution in [1.29, 1.82) is 0 Å². The Morgan fingerprint density at radius 1 is 1.08 bits per heavy atom. The van der Waals surface area contributed by atoms with Crippen LogP contribution in [0.1, 0.15) is 37.7 Å². The van der Waals surface area contributed by atoms with Gasteiger partial charge >= 0.3 is 0 Å². The molecule has 0 aromatic heterocycles. The normalized spacial score (nSPS) is 21.1. The van der Waals surface area contributed by atoms with Crippen molar-refractivity contribution in [2.75, 3.05) is 32.7 Å². The van der Waals surface area contributed by atoms with Crippen LogP contribution in [0.4, 0.5) is 0 Å². The first-order valence-corrected chi connectivity index (χ1v) is 9.44. The third-order valence-electron chi connectivity index (χ3n) is 5.57. The molecule has 1 atom stereocenters. The first-order chi connectivity index (χ1) is 11.7. The predicted molar refractivity (Wildman–Crippen MR) is 95.7 cm³/mol. The minimum atomic E-state index is -0.249. The van der Waals surface area contributed by atoms with Crippen LogP contribution < -0.4 is 0 Å². The molecular weight excluding hydrogens is 300 g/mol. The van der Waals surface area contributed by atoms with E-state index in [0.29, 0.717) is 12.5 Å². The molecule has 0 saturated carbocycles. The average molecular weight is 330 g/mol. The molecule has 2 heterocycles. The largest absolute Gasteiger partial charge is 0.393 e. The molecule has 2 saturated heterocycles. The van der Waals surface area contributed by atoms with Gasteiger partial charge in [0.25, 0.3) is 0 Å². The Bertz CT molecular complexity index is 506. The molecule has 0 bridgehead atoms. The lowest BCUT2D eigenvalue weighted by Gasteiger charge is -2.35. The number of benzene rings is 1. The van der Waals surface area contributed by atoms with Crippen molar-refractivity contribution < 1.29 is 9.90 Å². The topological polar surface area (TPSA) is 43.8 Å². The molecule has 0 radical (unpaired) electrons. The van der Waals surface area contributed by atoms with Gasteiger partial charge in [0.2, 0.25) is 5.91 Å². The van der Waals surface area contributed by atoms with Gasteiger partial charge in [-0.15, -0.1) is 0 Å².